The second-order valence-electron chi connectivity index (χ2n) is 5.70. The Morgan fingerprint density at radius 1 is 1.10 bits per heavy atom. The third-order valence-corrected chi connectivity index (χ3v) is 6.62. The highest BCUT2D eigenvalue weighted by Crippen LogP contribution is 2.39. The van der Waals surface area contributed by atoms with Gasteiger partial charge in [0.1, 0.15) is 14.8 Å². The van der Waals surface area contributed by atoms with E-state index in [1.54, 1.807) is 19.0 Å². The van der Waals surface area contributed by atoms with Crippen LogP contribution in [0.15, 0.2) is 15.9 Å². The molecule has 0 heterocycles. The molecule has 0 atom stereocenters. The Kier molecular flexibility index (Phi) is 8.37. The second-order valence-corrected chi connectivity index (χ2v) is 9.38. The molecule has 0 aliphatic heterocycles. The lowest BCUT2D eigenvalue weighted by Gasteiger charge is -2.19. The zero-order valence-corrected chi connectivity index (χ0v) is 17.9. The van der Waals surface area contributed by atoms with Gasteiger partial charge in [-0.15, -0.1) is 0 Å². The van der Waals surface area contributed by atoms with Crippen molar-refractivity contribution in [3.05, 3.63) is 16.7 Å². The third kappa shape index (κ3) is 6.28. The van der Waals surface area contributed by atoms with Crippen molar-refractivity contribution >= 4 is 50.4 Å². The molecular formula is C14H18ClN3O9S2. The van der Waals surface area contributed by atoms with Crippen LogP contribution >= 0.6 is 11.6 Å². The van der Waals surface area contributed by atoms with Crippen molar-refractivity contribution in [2.75, 3.05) is 20.6 Å². The Balaban J connectivity index is 3.96. The van der Waals surface area contributed by atoms with Gasteiger partial charge in [0.05, 0.1) is 0 Å². The third-order valence-electron chi connectivity index (χ3n) is 3.24. The minimum Gasteiger partial charge on any atom is -0.309 e. The molecule has 1 aromatic carbocycles. The standard InChI is InChI=1S/C14H18ClN3O9S2/c1-9(21)26-27-11-6-10(4-5-18(2)3)13(28(22,23)16-7-19)14(12(11)15)29(24,25)17-8-20/h6-8H,4-5H2,1-3H3,(H,16,19)(H,17,20). The minimum atomic E-state index is -4.81. The summed E-state index contributed by atoms with van der Waals surface area (Å²) in [6, 6.07) is 1.05. The number of benzene rings is 1. The van der Waals surface area contributed by atoms with E-state index < -0.39 is 46.6 Å². The molecule has 0 spiro atoms. The number of likely N-dealkylation sites (N-methyl/N-ethyl adjacent to an activating group) is 1. The molecule has 1 aromatic rings. The first-order valence-corrected chi connectivity index (χ1v) is 11.0. The van der Waals surface area contributed by atoms with E-state index in [2.05, 4.69) is 4.89 Å². The number of carbonyl (C=O) groups is 3. The van der Waals surface area contributed by atoms with Crippen molar-refractivity contribution in [3.63, 3.8) is 0 Å². The maximum absolute atomic E-state index is 12.6. The van der Waals surface area contributed by atoms with Crippen LogP contribution in [0.4, 0.5) is 0 Å². The summed E-state index contributed by atoms with van der Waals surface area (Å²) in [7, 11) is -6.17. The van der Waals surface area contributed by atoms with Crippen LogP contribution in [0.3, 0.4) is 0 Å². The average Bonchev–Trinajstić information content (AvgIpc) is 2.58. The van der Waals surface area contributed by atoms with Crippen LogP contribution in [-0.4, -0.2) is 61.2 Å². The zero-order valence-electron chi connectivity index (χ0n) is 15.5. The fourth-order valence-corrected chi connectivity index (χ4v) is 5.37. The normalized spacial score (nSPS) is 11.6. The summed E-state index contributed by atoms with van der Waals surface area (Å²) in [6.45, 7) is 1.25. The molecule has 0 aliphatic carbocycles. The predicted octanol–water partition coefficient (Wildman–Crippen LogP) is -0.830. The highest BCUT2D eigenvalue weighted by Gasteiger charge is 2.35. The van der Waals surface area contributed by atoms with Crippen LogP contribution in [0.1, 0.15) is 12.5 Å². The van der Waals surface area contributed by atoms with Gasteiger partial charge < -0.3 is 4.90 Å². The van der Waals surface area contributed by atoms with Gasteiger partial charge in [0.25, 0.3) is 20.0 Å². The first kappa shape index (κ1) is 24.6. The fraction of sp³-hybridized carbons (Fsp3) is 0.357. The summed E-state index contributed by atoms with van der Waals surface area (Å²) < 4.78 is 53.2. The quantitative estimate of drug-likeness (QED) is 0.236. The summed E-state index contributed by atoms with van der Waals surface area (Å²) in [5.41, 5.74) is -0.133. The molecule has 0 bridgehead atoms. The van der Waals surface area contributed by atoms with Crippen molar-refractivity contribution in [1.82, 2.24) is 14.3 Å². The number of nitrogens with one attached hydrogen (secondary N) is 2. The predicted molar refractivity (Wildman–Crippen MR) is 98.9 cm³/mol. The van der Waals surface area contributed by atoms with E-state index in [1.165, 1.54) is 9.44 Å². The number of carbonyl (C=O) groups excluding carboxylic acids is 3. The summed E-state index contributed by atoms with van der Waals surface area (Å²) in [5, 5.41) is -0.791. The first-order chi connectivity index (χ1) is 13.4. The van der Waals surface area contributed by atoms with E-state index in [9.17, 15) is 31.2 Å². The minimum absolute atomic E-state index is 0.0424. The van der Waals surface area contributed by atoms with Crippen LogP contribution in [0.25, 0.3) is 0 Å². The van der Waals surface area contributed by atoms with E-state index in [4.69, 9.17) is 16.5 Å². The Morgan fingerprint density at radius 2 is 1.62 bits per heavy atom. The molecule has 2 amide bonds. The van der Waals surface area contributed by atoms with E-state index in [0.29, 0.717) is 0 Å². The molecule has 0 aliphatic rings. The van der Waals surface area contributed by atoms with Crippen molar-refractivity contribution in [2.45, 2.75) is 23.1 Å². The highest BCUT2D eigenvalue weighted by atomic mass is 35.5. The maximum Gasteiger partial charge on any atom is 0.352 e. The highest BCUT2D eigenvalue weighted by molar-refractivity contribution is 7.93. The molecule has 15 heteroatoms. The van der Waals surface area contributed by atoms with Crippen molar-refractivity contribution in [1.29, 1.82) is 0 Å². The van der Waals surface area contributed by atoms with Gasteiger partial charge >= 0.3 is 5.97 Å². The molecule has 0 saturated heterocycles. The molecule has 12 nitrogen and oxygen atoms in total. The average molecular weight is 472 g/mol. The monoisotopic (exact) mass is 471 g/mol. The molecule has 0 saturated carbocycles. The maximum atomic E-state index is 12.6. The Hall–Kier alpha value is -2.42. The fourth-order valence-electron chi connectivity index (χ4n) is 2.12. The molecule has 0 fully saturated rings. The SMILES string of the molecule is CC(=O)OOc1cc(CCN(C)C)c(S(=O)(=O)NC=O)c(S(=O)(=O)NC=O)c1Cl. The number of halogens is 1. The lowest BCUT2D eigenvalue weighted by Crippen LogP contribution is -2.30. The molecular weight excluding hydrogens is 454 g/mol. The number of rotatable bonds is 11. The van der Waals surface area contributed by atoms with E-state index >= 15 is 0 Å². The van der Waals surface area contributed by atoms with Crippen LogP contribution < -0.4 is 14.3 Å². The summed E-state index contributed by atoms with van der Waals surface area (Å²) in [6.07, 6.45) is -0.403. The molecule has 0 radical (unpaired) electrons. The number of hydrogen-bond donors (Lipinski definition) is 2. The molecule has 162 valence electrons. The van der Waals surface area contributed by atoms with Crippen molar-refractivity contribution in [3.8, 4) is 5.75 Å². The van der Waals surface area contributed by atoms with Crippen LogP contribution in [0.2, 0.25) is 5.02 Å². The number of amides is 2. The molecule has 0 aromatic heterocycles. The number of sulfonamides is 2. The van der Waals surface area contributed by atoms with Gasteiger partial charge in [0.2, 0.25) is 12.8 Å². The van der Waals surface area contributed by atoms with Crippen molar-refractivity contribution in [2.24, 2.45) is 0 Å². The van der Waals surface area contributed by atoms with Gasteiger partial charge in [0.15, 0.2) is 5.75 Å². The lowest BCUT2D eigenvalue weighted by atomic mass is 10.1. The van der Waals surface area contributed by atoms with E-state index in [1.807, 2.05) is 0 Å². The van der Waals surface area contributed by atoms with E-state index in [0.717, 1.165) is 13.0 Å². The van der Waals surface area contributed by atoms with Crippen LogP contribution in [-0.2, 0) is 45.7 Å². The summed E-state index contributed by atoms with van der Waals surface area (Å²) >= 11 is 6.02. The summed E-state index contributed by atoms with van der Waals surface area (Å²) in [5.74, 6) is -1.39. The van der Waals surface area contributed by atoms with Gasteiger partial charge in [-0.2, -0.15) is 0 Å². The Bertz CT molecular complexity index is 1010. The van der Waals surface area contributed by atoms with Gasteiger partial charge in [-0.05, 0) is 32.1 Å². The Morgan fingerprint density at radius 3 is 2.07 bits per heavy atom. The van der Waals surface area contributed by atoms with Gasteiger partial charge in [-0.1, -0.05) is 11.6 Å². The molecule has 1 rings (SSSR count). The summed E-state index contributed by atoms with van der Waals surface area (Å²) in [4.78, 5) is 41.3. The smallest absolute Gasteiger partial charge is 0.309 e. The molecule has 0 unspecified atom stereocenters. The van der Waals surface area contributed by atoms with E-state index in [-0.39, 0.29) is 31.3 Å². The first-order valence-electron chi connectivity index (χ1n) is 7.64. The lowest BCUT2D eigenvalue weighted by molar-refractivity contribution is -0.210. The van der Waals surface area contributed by atoms with Gasteiger partial charge in [-0.3, -0.25) is 28.8 Å². The number of hydrogen-bond acceptors (Lipinski definition) is 10. The van der Waals surface area contributed by atoms with Gasteiger partial charge in [0, 0.05) is 13.5 Å². The van der Waals surface area contributed by atoms with Gasteiger partial charge in [-0.25, -0.2) is 21.6 Å². The largest absolute Gasteiger partial charge is 0.352 e. The van der Waals surface area contributed by atoms with Crippen molar-refractivity contribution < 1.29 is 41.0 Å². The van der Waals surface area contributed by atoms with Crippen LogP contribution in [0, 0.1) is 0 Å². The Labute approximate surface area is 172 Å². The van der Waals surface area contributed by atoms with Crippen LogP contribution in [0.5, 0.6) is 5.75 Å². The molecule has 2 N–H and O–H groups in total. The molecule has 29 heavy (non-hydrogen) atoms. The topological polar surface area (TPSA) is 165 Å². The zero-order chi connectivity index (χ0) is 22.4. The number of nitrogens with zero attached hydrogens (tertiary/aromatic N) is 1. The second kappa shape index (κ2) is 9.87.